The minimum absolute atomic E-state index is 0.0752. The van der Waals surface area contributed by atoms with E-state index in [0.717, 1.165) is 0 Å². The fraction of sp³-hybridized carbons (Fsp3) is 0.474. The Morgan fingerprint density at radius 3 is 2.15 bits per heavy atom. The average molecular weight is 398 g/mol. The number of imide groups is 1. The molecule has 7 nitrogen and oxygen atoms in total. The van der Waals surface area contributed by atoms with E-state index in [0.29, 0.717) is 15.5 Å². The van der Waals surface area contributed by atoms with Gasteiger partial charge in [-0.15, -0.1) is 0 Å². The normalized spacial score (nSPS) is 12.2. The summed E-state index contributed by atoms with van der Waals surface area (Å²) in [7, 11) is 0. The Morgan fingerprint density at radius 1 is 1.15 bits per heavy atom. The molecule has 1 unspecified atom stereocenters. The molecule has 1 rings (SSSR count). The maximum Gasteiger partial charge on any atom is 0.417 e. The Balaban J connectivity index is 2.98. The van der Waals surface area contributed by atoms with E-state index in [1.165, 1.54) is 19.1 Å². The lowest BCUT2D eigenvalue weighted by Gasteiger charge is -2.29. The second kappa shape index (κ2) is 9.50. The van der Waals surface area contributed by atoms with E-state index in [2.05, 4.69) is 0 Å². The quantitative estimate of drug-likeness (QED) is 0.699. The lowest BCUT2D eigenvalue weighted by atomic mass is 10.0. The van der Waals surface area contributed by atoms with Crippen LogP contribution in [0.5, 0.6) is 0 Å². The number of carboxylic acids is 1. The number of halogens is 1. The first-order valence-electron chi connectivity index (χ1n) is 8.53. The number of ether oxygens (including phenoxy) is 1. The van der Waals surface area contributed by atoms with E-state index < -0.39 is 29.6 Å². The summed E-state index contributed by atoms with van der Waals surface area (Å²) in [5, 5.41) is 10.00. The molecule has 0 heterocycles. The summed E-state index contributed by atoms with van der Waals surface area (Å²) in [5.74, 6) is -2.38. The summed E-state index contributed by atoms with van der Waals surface area (Å²) in [6, 6.07) is 4.67. The van der Waals surface area contributed by atoms with Crippen molar-refractivity contribution in [3.05, 3.63) is 34.9 Å². The summed E-state index contributed by atoms with van der Waals surface area (Å²) in [6.45, 7) is 6.34. The van der Waals surface area contributed by atoms with Crippen LogP contribution in [0, 0.1) is 0 Å². The van der Waals surface area contributed by atoms with Crippen molar-refractivity contribution in [1.29, 1.82) is 0 Å². The van der Waals surface area contributed by atoms with Crippen LogP contribution >= 0.6 is 11.6 Å². The van der Waals surface area contributed by atoms with Crippen LogP contribution in [0.3, 0.4) is 0 Å². The number of carboxylic acid groups (broad SMARTS) is 1. The largest absolute Gasteiger partial charge is 0.480 e. The van der Waals surface area contributed by atoms with Crippen molar-refractivity contribution in [2.45, 2.75) is 58.6 Å². The molecule has 1 atom stereocenters. The minimum Gasteiger partial charge on any atom is -0.480 e. The van der Waals surface area contributed by atoms with Crippen LogP contribution in [0.25, 0.3) is 0 Å². The highest BCUT2D eigenvalue weighted by molar-refractivity contribution is 6.30. The Hall–Kier alpha value is -2.41. The highest BCUT2D eigenvalue weighted by Crippen LogP contribution is 2.18. The van der Waals surface area contributed by atoms with E-state index in [-0.39, 0.29) is 25.0 Å². The van der Waals surface area contributed by atoms with Crippen molar-refractivity contribution in [2.24, 2.45) is 0 Å². The summed E-state index contributed by atoms with van der Waals surface area (Å²) in [4.78, 5) is 49.1. The molecule has 27 heavy (non-hydrogen) atoms. The van der Waals surface area contributed by atoms with Crippen molar-refractivity contribution >= 4 is 35.4 Å². The van der Waals surface area contributed by atoms with Gasteiger partial charge in [-0.2, -0.15) is 0 Å². The first kappa shape index (κ1) is 22.6. The van der Waals surface area contributed by atoms with Crippen LogP contribution in [0.2, 0.25) is 5.02 Å². The second-order valence-corrected chi connectivity index (χ2v) is 7.36. The zero-order valence-corrected chi connectivity index (χ0v) is 16.6. The zero-order valence-electron chi connectivity index (χ0n) is 15.8. The third-order valence-electron chi connectivity index (χ3n) is 3.57. The molecule has 8 heteroatoms. The molecule has 0 aromatic heterocycles. The average Bonchev–Trinajstić information content (AvgIpc) is 2.56. The molecule has 148 valence electrons. The van der Waals surface area contributed by atoms with E-state index in [9.17, 15) is 24.3 Å². The molecule has 1 aromatic rings. The Morgan fingerprint density at radius 2 is 1.70 bits per heavy atom. The van der Waals surface area contributed by atoms with E-state index in [1.807, 2.05) is 0 Å². The Kier molecular flexibility index (Phi) is 7.97. The molecular weight excluding hydrogens is 374 g/mol. The van der Waals surface area contributed by atoms with Crippen LogP contribution < -0.4 is 0 Å². The predicted octanol–water partition coefficient (Wildman–Crippen LogP) is 3.93. The van der Waals surface area contributed by atoms with Gasteiger partial charge in [0.05, 0.1) is 0 Å². The van der Waals surface area contributed by atoms with Crippen LogP contribution in [-0.4, -0.2) is 45.4 Å². The fourth-order valence-corrected chi connectivity index (χ4v) is 2.42. The van der Waals surface area contributed by atoms with Gasteiger partial charge in [0.2, 0.25) is 5.91 Å². The molecule has 0 spiro atoms. The molecular formula is C19H24ClNO6. The van der Waals surface area contributed by atoms with Gasteiger partial charge in [0.1, 0.15) is 11.6 Å². The van der Waals surface area contributed by atoms with Gasteiger partial charge in [-0.05, 0) is 51.5 Å². The second-order valence-electron chi connectivity index (χ2n) is 6.92. The number of nitrogens with zero attached hydrogens (tertiary/aromatic N) is 1. The third kappa shape index (κ3) is 7.02. The van der Waals surface area contributed by atoms with Crippen molar-refractivity contribution in [3.63, 3.8) is 0 Å². The monoisotopic (exact) mass is 397 g/mol. The minimum atomic E-state index is -1.50. The topological polar surface area (TPSA) is 101 Å². The smallest absolute Gasteiger partial charge is 0.417 e. The number of rotatable bonds is 7. The molecule has 0 saturated heterocycles. The maximum absolute atomic E-state index is 12.4. The molecule has 1 N–H and O–H groups in total. The van der Waals surface area contributed by atoms with Crippen molar-refractivity contribution < 1.29 is 29.0 Å². The summed E-state index contributed by atoms with van der Waals surface area (Å²) >= 11 is 5.78. The molecule has 1 aromatic carbocycles. The van der Waals surface area contributed by atoms with Crippen LogP contribution in [-0.2, 0) is 14.3 Å². The molecule has 0 aliphatic carbocycles. The van der Waals surface area contributed by atoms with Gasteiger partial charge >= 0.3 is 12.1 Å². The van der Waals surface area contributed by atoms with Gasteiger partial charge in [-0.3, -0.25) is 9.59 Å². The number of Topliss-reactive ketones (excluding diaryl/α,β-unsaturated/α-hetero) is 1. The van der Waals surface area contributed by atoms with Gasteiger partial charge in [0, 0.05) is 23.4 Å². The maximum atomic E-state index is 12.4. The van der Waals surface area contributed by atoms with Gasteiger partial charge in [-0.1, -0.05) is 18.5 Å². The molecule has 0 fully saturated rings. The number of carbonyl (C=O) groups excluding carboxylic acids is 3. The lowest BCUT2D eigenvalue weighted by molar-refractivity contribution is -0.149. The number of carbonyl (C=O) groups is 4. The number of benzene rings is 1. The van der Waals surface area contributed by atoms with Crippen LogP contribution in [0.4, 0.5) is 4.79 Å². The number of ketones is 1. The van der Waals surface area contributed by atoms with E-state index in [1.54, 1.807) is 32.9 Å². The van der Waals surface area contributed by atoms with Gasteiger partial charge in [0.15, 0.2) is 5.78 Å². The van der Waals surface area contributed by atoms with Crippen molar-refractivity contribution in [2.75, 3.05) is 0 Å². The molecule has 0 saturated carbocycles. The predicted molar refractivity (Wildman–Crippen MR) is 99.8 cm³/mol. The first-order valence-corrected chi connectivity index (χ1v) is 8.90. The number of amides is 2. The standard InChI is InChI=1S/C19H24ClNO6/c1-5-16(23)21(18(26)27-19(2,3)4)14(17(24)25)10-11-15(22)12-6-8-13(20)9-7-12/h6-9,14H,5,10-11H2,1-4H3,(H,24,25). The molecule has 2 amide bonds. The van der Waals surface area contributed by atoms with Crippen LogP contribution in [0.1, 0.15) is 57.3 Å². The number of hydrogen-bond acceptors (Lipinski definition) is 5. The van der Waals surface area contributed by atoms with Crippen LogP contribution in [0.15, 0.2) is 24.3 Å². The summed E-state index contributed by atoms with van der Waals surface area (Å²) in [6.07, 6.45) is -1.49. The third-order valence-corrected chi connectivity index (χ3v) is 3.82. The highest BCUT2D eigenvalue weighted by Gasteiger charge is 2.37. The van der Waals surface area contributed by atoms with E-state index >= 15 is 0 Å². The molecule has 0 radical (unpaired) electrons. The molecule has 0 bridgehead atoms. The van der Waals surface area contributed by atoms with Gasteiger partial charge in [-0.25, -0.2) is 14.5 Å². The molecule has 0 aliphatic heterocycles. The first-order chi connectivity index (χ1) is 12.5. The Bertz CT molecular complexity index is 708. The Labute approximate surface area is 163 Å². The highest BCUT2D eigenvalue weighted by atomic mass is 35.5. The lowest BCUT2D eigenvalue weighted by Crippen LogP contribution is -2.50. The van der Waals surface area contributed by atoms with Gasteiger partial charge in [0.25, 0.3) is 0 Å². The van der Waals surface area contributed by atoms with Crippen molar-refractivity contribution in [3.8, 4) is 0 Å². The fourth-order valence-electron chi connectivity index (χ4n) is 2.30. The van der Waals surface area contributed by atoms with E-state index in [4.69, 9.17) is 16.3 Å². The zero-order chi connectivity index (χ0) is 20.8. The van der Waals surface area contributed by atoms with Crippen molar-refractivity contribution in [1.82, 2.24) is 4.90 Å². The number of hydrogen-bond donors (Lipinski definition) is 1. The van der Waals surface area contributed by atoms with Gasteiger partial charge < -0.3 is 9.84 Å². The SMILES string of the molecule is CCC(=O)N(C(=O)OC(C)(C)C)C(CCC(=O)c1ccc(Cl)cc1)C(=O)O. The summed E-state index contributed by atoms with van der Waals surface area (Å²) in [5.41, 5.74) is -0.528. The summed E-state index contributed by atoms with van der Waals surface area (Å²) < 4.78 is 5.16. The molecule has 0 aliphatic rings. The number of aliphatic carboxylic acids is 1.